The van der Waals surface area contributed by atoms with E-state index >= 15 is 0 Å². The molecule has 2 rings (SSSR count). The highest BCUT2D eigenvalue weighted by Crippen LogP contribution is 2.22. The molecule has 0 aliphatic carbocycles. The summed E-state index contributed by atoms with van der Waals surface area (Å²) >= 11 is 0. The number of benzene rings is 1. The highest BCUT2D eigenvalue weighted by molar-refractivity contribution is 5.88. The van der Waals surface area contributed by atoms with Gasteiger partial charge in [0.25, 0.3) is 0 Å². The van der Waals surface area contributed by atoms with Gasteiger partial charge in [0.1, 0.15) is 0 Å². The molecule has 1 aliphatic rings. The Hall–Kier alpha value is -1.88. The third kappa shape index (κ3) is 3.24. The minimum atomic E-state index is -0.936. The molecule has 1 aromatic carbocycles. The molecule has 1 aromatic rings. The van der Waals surface area contributed by atoms with E-state index in [9.17, 15) is 9.59 Å². The molecular formula is C16H22N2O3. The number of amides is 1. The van der Waals surface area contributed by atoms with Crippen LogP contribution in [0.4, 0.5) is 0 Å². The average Bonchev–Trinajstić information content (AvgIpc) is 2.45. The number of aromatic carboxylic acids is 1. The number of nitrogens with zero attached hydrogens (tertiary/aromatic N) is 1. The predicted molar refractivity (Wildman–Crippen MR) is 80.3 cm³/mol. The van der Waals surface area contributed by atoms with Gasteiger partial charge in [-0.2, -0.15) is 0 Å². The largest absolute Gasteiger partial charge is 0.478 e. The van der Waals surface area contributed by atoms with Crippen molar-refractivity contribution in [2.24, 2.45) is 0 Å². The lowest BCUT2D eigenvalue weighted by Gasteiger charge is -2.35. The summed E-state index contributed by atoms with van der Waals surface area (Å²) in [5, 5.41) is 12.3. The van der Waals surface area contributed by atoms with Crippen LogP contribution >= 0.6 is 0 Å². The number of likely N-dealkylation sites (N-methyl/N-ethyl adjacent to an activating group) is 1. The van der Waals surface area contributed by atoms with Crippen molar-refractivity contribution in [3.05, 3.63) is 34.9 Å². The van der Waals surface area contributed by atoms with Gasteiger partial charge in [0, 0.05) is 13.1 Å². The molecule has 0 aromatic heterocycles. The van der Waals surface area contributed by atoms with E-state index in [1.807, 2.05) is 26.8 Å². The second-order valence-electron chi connectivity index (χ2n) is 5.92. The maximum atomic E-state index is 12.6. The Bertz CT molecular complexity index is 567. The summed E-state index contributed by atoms with van der Waals surface area (Å²) in [7, 11) is 0. The Morgan fingerprint density at radius 2 is 2.05 bits per heavy atom. The molecule has 0 saturated carbocycles. The van der Waals surface area contributed by atoms with Crippen LogP contribution in [0.15, 0.2) is 18.2 Å². The summed E-state index contributed by atoms with van der Waals surface area (Å²) in [4.78, 5) is 25.4. The van der Waals surface area contributed by atoms with Gasteiger partial charge in [-0.1, -0.05) is 13.0 Å². The van der Waals surface area contributed by atoms with Crippen LogP contribution in [0.25, 0.3) is 0 Å². The molecule has 0 saturated heterocycles. The molecule has 0 radical (unpaired) electrons. The normalized spacial score (nSPS) is 14.7. The second-order valence-corrected chi connectivity index (χ2v) is 5.92. The van der Waals surface area contributed by atoms with Gasteiger partial charge in [0.15, 0.2) is 0 Å². The number of carbonyl (C=O) groups is 2. The van der Waals surface area contributed by atoms with Gasteiger partial charge < -0.3 is 15.3 Å². The monoisotopic (exact) mass is 290 g/mol. The lowest BCUT2D eigenvalue weighted by molar-refractivity contribution is -0.138. The maximum absolute atomic E-state index is 12.6. The number of nitrogens with one attached hydrogen (secondary N) is 1. The van der Waals surface area contributed by atoms with Gasteiger partial charge in [0.05, 0.1) is 11.1 Å². The highest BCUT2D eigenvalue weighted by Gasteiger charge is 2.32. The van der Waals surface area contributed by atoms with Crippen LogP contribution in [0.2, 0.25) is 0 Å². The molecule has 1 amide bonds. The number of rotatable bonds is 4. The molecule has 5 heteroatoms. The van der Waals surface area contributed by atoms with Crippen molar-refractivity contribution in [3.8, 4) is 0 Å². The first kappa shape index (κ1) is 15.5. The summed E-state index contributed by atoms with van der Waals surface area (Å²) in [5.74, 6) is -0.884. The van der Waals surface area contributed by atoms with Crippen molar-refractivity contribution in [2.75, 3.05) is 13.1 Å². The lowest BCUT2D eigenvalue weighted by atomic mass is 9.95. The molecule has 114 valence electrons. The van der Waals surface area contributed by atoms with Crippen LogP contribution in [-0.4, -0.2) is 40.5 Å². The molecule has 1 aliphatic heterocycles. The molecule has 2 N–H and O–H groups in total. The molecule has 0 bridgehead atoms. The average molecular weight is 290 g/mol. The predicted octanol–water partition coefficient (Wildman–Crippen LogP) is 1.66. The van der Waals surface area contributed by atoms with Gasteiger partial charge in [-0.15, -0.1) is 0 Å². The molecule has 0 atom stereocenters. The van der Waals surface area contributed by atoms with E-state index in [-0.39, 0.29) is 11.5 Å². The Morgan fingerprint density at radius 1 is 1.33 bits per heavy atom. The zero-order chi connectivity index (χ0) is 15.6. The Morgan fingerprint density at radius 3 is 2.67 bits per heavy atom. The minimum absolute atomic E-state index is 0.0516. The quantitative estimate of drug-likeness (QED) is 0.885. The second kappa shape index (κ2) is 5.85. The summed E-state index contributed by atoms with van der Waals surface area (Å²) in [6.07, 6.45) is 0.767. The number of hydrogen-bond donors (Lipinski definition) is 2. The molecule has 21 heavy (non-hydrogen) atoms. The van der Waals surface area contributed by atoms with Crippen LogP contribution in [0, 0.1) is 0 Å². The van der Waals surface area contributed by atoms with Gasteiger partial charge in [-0.25, -0.2) is 4.79 Å². The molecule has 0 fully saturated rings. The first-order valence-corrected chi connectivity index (χ1v) is 7.24. The zero-order valence-electron chi connectivity index (χ0n) is 12.8. The smallest absolute Gasteiger partial charge is 0.335 e. The van der Waals surface area contributed by atoms with Crippen molar-refractivity contribution >= 4 is 11.9 Å². The van der Waals surface area contributed by atoms with Crippen LogP contribution < -0.4 is 5.32 Å². The van der Waals surface area contributed by atoms with Gasteiger partial charge >= 0.3 is 5.97 Å². The van der Waals surface area contributed by atoms with Crippen molar-refractivity contribution in [2.45, 2.75) is 39.3 Å². The molecule has 0 unspecified atom stereocenters. The molecule has 0 spiro atoms. The third-order valence-electron chi connectivity index (χ3n) is 3.91. The Balaban J connectivity index is 2.20. The number of fused-ring (bicyclic) bond motifs is 1. The highest BCUT2D eigenvalue weighted by atomic mass is 16.4. The van der Waals surface area contributed by atoms with E-state index < -0.39 is 11.5 Å². The SMILES string of the molecule is CCNC(C)(C)C(=O)N1CCc2ccc(C(=O)O)cc2C1. The summed E-state index contributed by atoms with van der Waals surface area (Å²) < 4.78 is 0. The zero-order valence-corrected chi connectivity index (χ0v) is 12.8. The van der Waals surface area contributed by atoms with Crippen LogP contribution in [0.3, 0.4) is 0 Å². The van der Waals surface area contributed by atoms with E-state index in [4.69, 9.17) is 5.11 Å². The van der Waals surface area contributed by atoms with Gasteiger partial charge in [-0.3, -0.25) is 4.79 Å². The fourth-order valence-electron chi connectivity index (χ4n) is 2.78. The van der Waals surface area contributed by atoms with E-state index in [1.165, 1.54) is 0 Å². The van der Waals surface area contributed by atoms with Crippen molar-refractivity contribution < 1.29 is 14.7 Å². The maximum Gasteiger partial charge on any atom is 0.335 e. The molecular weight excluding hydrogens is 268 g/mol. The number of hydrogen-bond acceptors (Lipinski definition) is 3. The van der Waals surface area contributed by atoms with Gasteiger partial charge in [-0.05, 0) is 50.1 Å². The van der Waals surface area contributed by atoms with Crippen molar-refractivity contribution in [3.63, 3.8) is 0 Å². The topological polar surface area (TPSA) is 69.6 Å². The third-order valence-corrected chi connectivity index (χ3v) is 3.91. The molecule has 1 heterocycles. The summed E-state index contributed by atoms with van der Waals surface area (Å²) in [6.45, 7) is 7.60. The van der Waals surface area contributed by atoms with E-state index in [0.29, 0.717) is 13.1 Å². The number of carbonyl (C=O) groups excluding carboxylic acids is 1. The number of carboxylic acids is 1. The first-order valence-electron chi connectivity index (χ1n) is 7.24. The Labute approximate surface area is 125 Å². The summed E-state index contributed by atoms with van der Waals surface area (Å²) in [6, 6.07) is 5.16. The standard InChI is InChI=1S/C16H22N2O3/c1-4-17-16(2,3)15(21)18-8-7-11-5-6-12(14(19)20)9-13(11)10-18/h5-6,9,17H,4,7-8,10H2,1-3H3,(H,19,20). The van der Waals surface area contributed by atoms with Crippen molar-refractivity contribution in [1.29, 1.82) is 0 Å². The van der Waals surface area contributed by atoms with Gasteiger partial charge in [0.2, 0.25) is 5.91 Å². The first-order chi connectivity index (χ1) is 9.85. The molecule has 5 nitrogen and oxygen atoms in total. The van der Waals surface area contributed by atoms with E-state index in [2.05, 4.69) is 5.32 Å². The van der Waals surface area contributed by atoms with Crippen LogP contribution in [-0.2, 0) is 17.8 Å². The van der Waals surface area contributed by atoms with E-state index in [1.54, 1.807) is 17.0 Å². The van der Waals surface area contributed by atoms with E-state index in [0.717, 1.165) is 24.1 Å². The fraction of sp³-hybridized carbons (Fsp3) is 0.500. The Kier molecular flexibility index (Phi) is 4.32. The summed E-state index contributed by atoms with van der Waals surface area (Å²) in [5.41, 5.74) is 1.73. The van der Waals surface area contributed by atoms with Crippen LogP contribution in [0.1, 0.15) is 42.3 Å². The fourth-order valence-corrected chi connectivity index (χ4v) is 2.78. The van der Waals surface area contributed by atoms with Crippen molar-refractivity contribution in [1.82, 2.24) is 10.2 Å². The number of carboxylic acid groups (broad SMARTS) is 1. The minimum Gasteiger partial charge on any atom is -0.478 e. The lowest BCUT2D eigenvalue weighted by Crippen LogP contribution is -2.54. The van der Waals surface area contributed by atoms with Crippen LogP contribution in [0.5, 0.6) is 0 Å².